The molecule has 0 fully saturated rings. The molecule has 3 aromatic rings. The number of ether oxygens (including phenoxy) is 2. The summed E-state index contributed by atoms with van der Waals surface area (Å²) in [5.74, 6) is 0.102. The van der Waals surface area contributed by atoms with Crippen molar-refractivity contribution in [1.82, 2.24) is 4.57 Å². The lowest BCUT2D eigenvalue weighted by atomic mass is 10.3. The molecule has 0 saturated carbocycles. The zero-order chi connectivity index (χ0) is 19.4. The molecule has 0 spiro atoms. The first-order valence-corrected chi connectivity index (χ1v) is 10.1. The fourth-order valence-corrected chi connectivity index (χ4v) is 4.73. The minimum Gasteiger partial charge on any atom is -0.435 e. The molecule has 9 heteroatoms. The summed E-state index contributed by atoms with van der Waals surface area (Å²) in [6.45, 7) is -0.271. The van der Waals surface area contributed by atoms with Crippen molar-refractivity contribution < 1.29 is 18.3 Å². The Morgan fingerprint density at radius 3 is 2.52 bits per heavy atom. The van der Waals surface area contributed by atoms with Crippen LogP contribution in [-0.2, 0) is 4.74 Å². The van der Waals surface area contributed by atoms with Crippen LogP contribution in [0.4, 0.5) is 14.5 Å². The van der Waals surface area contributed by atoms with E-state index in [4.69, 9.17) is 16.3 Å². The summed E-state index contributed by atoms with van der Waals surface area (Å²) >= 11 is 9.09. The molecule has 0 bridgehead atoms. The summed E-state index contributed by atoms with van der Waals surface area (Å²) in [5.41, 5.74) is 1.66. The Bertz CT molecular complexity index is 951. The molecule has 0 radical (unpaired) electrons. The Balaban J connectivity index is 2.01. The Morgan fingerprint density at radius 1 is 1.19 bits per heavy atom. The number of methoxy groups -OCH3 is 1. The molecule has 1 atom stereocenters. The zero-order valence-electron chi connectivity index (χ0n) is 14.6. The van der Waals surface area contributed by atoms with Gasteiger partial charge >= 0.3 is 6.61 Å². The van der Waals surface area contributed by atoms with Gasteiger partial charge in [-0.1, -0.05) is 11.6 Å². The van der Waals surface area contributed by atoms with E-state index in [1.54, 1.807) is 19.2 Å². The van der Waals surface area contributed by atoms with Crippen molar-refractivity contribution in [1.29, 1.82) is 0 Å². The second-order valence-corrected chi connectivity index (χ2v) is 8.22. The number of hydrogen-bond donors (Lipinski definition) is 0. The highest BCUT2D eigenvalue weighted by molar-refractivity contribution is 7.19. The van der Waals surface area contributed by atoms with Gasteiger partial charge in [-0.15, -0.1) is 22.7 Å². The van der Waals surface area contributed by atoms with Crippen LogP contribution in [0.2, 0.25) is 4.34 Å². The standard InChI is InChI=1S/C18H17ClF2N2O2S2/c1-11(9-24-2)23-14(15-7-8-16(19)27-15)10-26-18(23)22-12-3-5-13(6-4-12)25-17(20)21/h3-8,10-11,17H,9H2,1-2H3. The van der Waals surface area contributed by atoms with Crippen molar-refractivity contribution in [3.63, 3.8) is 0 Å². The van der Waals surface area contributed by atoms with E-state index < -0.39 is 6.61 Å². The molecule has 0 aliphatic carbocycles. The van der Waals surface area contributed by atoms with E-state index in [0.29, 0.717) is 12.3 Å². The quantitative estimate of drug-likeness (QED) is 0.462. The maximum absolute atomic E-state index is 12.3. The molecule has 1 unspecified atom stereocenters. The highest BCUT2D eigenvalue weighted by Crippen LogP contribution is 2.33. The van der Waals surface area contributed by atoms with Gasteiger partial charge in [0.05, 0.1) is 33.2 Å². The fraction of sp³-hybridized carbons (Fsp3) is 0.278. The van der Waals surface area contributed by atoms with Crippen LogP contribution >= 0.6 is 34.3 Å². The van der Waals surface area contributed by atoms with Gasteiger partial charge in [-0.05, 0) is 43.3 Å². The number of hydrogen-bond acceptors (Lipinski definition) is 5. The van der Waals surface area contributed by atoms with Gasteiger partial charge in [0.1, 0.15) is 5.75 Å². The van der Waals surface area contributed by atoms with Gasteiger partial charge in [-0.3, -0.25) is 0 Å². The minimum atomic E-state index is -2.85. The number of benzene rings is 1. The highest BCUT2D eigenvalue weighted by Gasteiger charge is 2.15. The average Bonchev–Trinajstić information content (AvgIpc) is 3.22. The molecule has 0 N–H and O–H groups in total. The Kier molecular flexibility index (Phi) is 6.64. The van der Waals surface area contributed by atoms with Gasteiger partial charge in [-0.2, -0.15) is 8.78 Å². The summed E-state index contributed by atoms with van der Waals surface area (Å²) in [6, 6.07) is 10.1. The van der Waals surface area contributed by atoms with Crippen LogP contribution in [-0.4, -0.2) is 24.9 Å². The molecule has 4 nitrogen and oxygen atoms in total. The molecule has 0 amide bonds. The van der Waals surface area contributed by atoms with Crippen LogP contribution < -0.4 is 9.54 Å². The SMILES string of the molecule is COCC(C)n1c(-c2ccc(Cl)s2)csc1=Nc1ccc(OC(F)F)cc1. The Hall–Kier alpha value is -1.74. The van der Waals surface area contributed by atoms with Crippen molar-refractivity contribution in [2.75, 3.05) is 13.7 Å². The van der Waals surface area contributed by atoms with Crippen LogP contribution in [0.15, 0.2) is 46.8 Å². The van der Waals surface area contributed by atoms with Gasteiger partial charge in [-0.25, -0.2) is 4.99 Å². The van der Waals surface area contributed by atoms with Crippen LogP contribution in [0.1, 0.15) is 13.0 Å². The summed E-state index contributed by atoms with van der Waals surface area (Å²) in [6.07, 6.45) is 0. The van der Waals surface area contributed by atoms with E-state index in [1.165, 1.54) is 34.8 Å². The number of nitrogens with zero attached hydrogens (tertiary/aromatic N) is 2. The number of aromatic nitrogens is 1. The van der Waals surface area contributed by atoms with Crippen molar-refractivity contribution in [2.24, 2.45) is 4.99 Å². The number of thiazole rings is 1. The molecule has 2 aromatic heterocycles. The van der Waals surface area contributed by atoms with Crippen LogP contribution in [0, 0.1) is 0 Å². The maximum Gasteiger partial charge on any atom is 0.387 e. The molecule has 2 heterocycles. The summed E-state index contributed by atoms with van der Waals surface area (Å²) < 4.78 is 37.1. The monoisotopic (exact) mass is 430 g/mol. The minimum absolute atomic E-state index is 0.0531. The molecule has 0 saturated heterocycles. The number of thiophene rings is 1. The van der Waals surface area contributed by atoms with E-state index in [0.717, 1.165) is 19.7 Å². The molecule has 27 heavy (non-hydrogen) atoms. The van der Waals surface area contributed by atoms with Crippen molar-refractivity contribution >= 4 is 40.0 Å². The number of alkyl halides is 2. The molecular formula is C18H17ClF2N2O2S2. The molecule has 3 rings (SSSR count). The van der Waals surface area contributed by atoms with E-state index in [9.17, 15) is 8.78 Å². The first kappa shape index (κ1) is 20.0. The normalized spacial score (nSPS) is 13.3. The molecule has 144 valence electrons. The van der Waals surface area contributed by atoms with E-state index >= 15 is 0 Å². The average molecular weight is 431 g/mol. The molecular weight excluding hydrogens is 414 g/mol. The summed E-state index contributed by atoms with van der Waals surface area (Å²) in [7, 11) is 1.66. The van der Waals surface area contributed by atoms with Gasteiger partial charge in [0.15, 0.2) is 4.80 Å². The molecule has 1 aromatic carbocycles. The van der Waals surface area contributed by atoms with Crippen LogP contribution in [0.25, 0.3) is 10.6 Å². The van der Waals surface area contributed by atoms with Crippen molar-refractivity contribution in [2.45, 2.75) is 19.6 Å². The highest BCUT2D eigenvalue weighted by atomic mass is 35.5. The first-order valence-electron chi connectivity index (χ1n) is 8.02. The second-order valence-electron chi connectivity index (χ2n) is 5.67. The predicted octanol–water partition coefficient (Wildman–Crippen LogP) is 5.97. The lowest BCUT2D eigenvalue weighted by Crippen LogP contribution is -2.22. The second kappa shape index (κ2) is 8.97. The van der Waals surface area contributed by atoms with E-state index in [-0.39, 0.29) is 11.8 Å². The Labute approximate surface area is 168 Å². The Morgan fingerprint density at radius 2 is 1.93 bits per heavy atom. The topological polar surface area (TPSA) is 35.8 Å². The largest absolute Gasteiger partial charge is 0.435 e. The molecule has 0 aliphatic rings. The lowest BCUT2D eigenvalue weighted by Gasteiger charge is -2.15. The van der Waals surface area contributed by atoms with Crippen molar-refractivity contribution in [3.05, 3.63) is 50.9 Å². The smallest absolute Gasteiger partial charge is 0.387 e. The third kappa shape index (κ3) is 4.95. The van der Waals surface area contributed by atoms with E-state index in [2.05, 4.69) is 14.3 Å². The van der Waals surface area contributed by atoms with Gasteiger partial charge in [0.2, 0.25) is 0 Å². The zero-order valence-corrected chi connectivity index (χ0v) is 17.0. The summed E-state index contributed by atoms with van der Waals surface area (Å²) in [4.78, 5) is 6.49. The van der Waals surface area contributed by atoms with E-state index in [1.807, 2.05) is 24.4 Å². The third-order valence-electron chi connectivity index (χ3n) is 3.70. The van der Waals surface area contributed by atoms with Gasteiger partial charge in [0.25, 0.3) is 0 Å². The van der Waals surface area contributed by atoms with Crippen molar-refractivity contribution in [3.8, 4) is 16.3 Å². The predicted molar refractivity (Wildman–Crippen MR) is 106 cm³/mol. The molecule has 0 aliphatic heterocycles. The van der Waals surface area contributed by atoms with Gasteiger partial charge < -0.3 is 14.0 Å². The maximum atomic E-state index is 12.3. The number of halogens is 3. The third-order valence-corrected chi connectivity index (χ3v) is 5.80. The first-order chi connectivity index (χ1) is 13.0. The number of rotatable bonds is 7. The van der Waals surface area contributed by atoms with Crippen LogP contribution in [0.3, 0.4) is 0 Å². The fourth-order valence-electron chi connectivity index (χ4n) is 2.59. The lowest BCUT2D eigenvalue weighted by molar-refractivity contribution is -0.0498. The summed E-state index contributed by atoms with van der Waals surface area (Å²) in [5, 5.41) is 2.03. The van der Waals surface area contributed by atoms with Gasteiger partial charge in [0, 0.05) is 12.5 Å². The van der Waals surface area contributed by atoms with Crippen LogP contribution in [0.5, 0.6) is 5.75 Å².